The quantitative estimate of drug-likeness (QED) is 0.427. The third-order valence-corrected chi connectivity index (χ3v) is 3.44. The summed E-state index contributed by atoms with van der Waals surface area (Å²) in [5.74, 6) is 6.59. The minimum atomic E-state index is 0.233. The second-order valence-corrected chi connectivity index (χ2v) is 5.70. The molecule has 0 atom stereocenters. The van der Waals surface area contributed by atoms with Crippen LogP contribution in [-0.4, -0.2) is 29.2 Å². The van der Waals surface area contributed by atoms with Gasteiger partial charge in [0.2, 0.25) is 5.95 Å². The fourth-order valence-corrected chi connectivity index (χ4v) is 2.58. The fourth-order valence-electron chi connectivity index (χ4n) is 1.71. The molecule has 0 aromatic carbocycles. The van der Waals surface area contributed by atoms with Crippen molar-refractivity contribution in [3.63, 3.8) is 0 Å². The number of nitrogens with one attached hydrogen (secondary N) is 2. The minimum absolute atomic E-state index is 0.233. The van der Waals surface area contributed by atoms with Crippen molar-refractivity contribution in [1.29, 1.82) is 0 Å². The highest BCUT2D eigenvalue weighted by Gasteiger charge is 2.09. The Morgan fingerprint density at radius 2 is 2.21 bits per heavy atom. The van der Waals surface area contributed by atoms with E-state index in [1.165, 1.54) is 4.88 Å². The number of hydrazine groups is 1. The number of aryl methyl sites for hydroxylation is 1. The Bertz CT molecular complexity index is 554. The Morgan fingerprint density at radius 1 is 1.42 bits per heavy atom. The van der Waals surface area contributed by atoms with Crippen molar-refractivity contribution < 1.29 is 4.74 Å². The number of nitrogen functional groups attached to an aromatic ring is 1. The van der Waals surface area contributed by atoms with Crippen LogP contribution in [0.15, 0.2) is 6.07 Å². The highest BCUT2D eigenvalue weighted by Crippen LogP contribution is 2.29. The summed E-state index contributed by atoms with van der Waals surface area (Å²) in [6.07, 6.45) is 0.233. The smallest absolute Gasteiger partial charge is 0.240 e. The van der Waals surface area contributed by atoms with Gasteiger partial charge >= 0.3 is 0 Å². The van der Waals surface area contributed by atoms with Gasteiger partial charge in [0.15, 0.2) is 0 Å². The summed E-state index contributed by atoms with van der Waals surface area (Å²) in [7, 11) is 0. The Morgan fingerprint density at radius 3 is 2.89 bits per heavy atom. The van der Waals surface area contributed by atoms with E-state index in [9.17, 15) is 0 Å². The van der Waals surface area contributed by atoms with Gasteiger partial charge in [0.1, 0.15) is 10.6 Å². The fraction of sp³-hybridized carbons (Fsp3) is 0.500. The number of aromatic nitrogens is 2. The van der Waals surface area contributed by atoms with Crippen molar-refractivity contribution in [2.24, 2.45) is 5.84 Å². The molecule has 2 rings (SSSR count). The first-order valence-electron chi connectivity index (χ1n) is 6.20. The van der Waals surface area contributed by atoms with Gasteiger partial charge in [-0.1, -0.05) is 0 Å². The normalized spacial score (nSPS) is 11.2. The zero-order valence-electron chi connectivity index (χ0n) is 11.4. The molecule has 2 aromatic heterocycles. The van der Waals surface area contributed by atoms with Crippen molar-refractivity contribution in [3.8, 4) is 0 Å². The molecule has 0 saturated heterocycles. The summed E-state index contributed by atoms with van der Waals surface area (Å²) in [6.45, 7) is 7.41. The lowest BCUT2D eigenvalue weighted by Crippen LogP contribution is -2.15. The van der Waals surface area contributed by atoms with Crippen molar-refractivity contribution >= 4 is 33.3 Å². The number of thiophene rings is 1. The van der Waals surface area contributed by atoms with Crippen LogP contribution in [0.3, 0.4) is 0 Å². The van der Waals surface area contributed by atoms with Crippen LogP contribution < -0.4 is 16.6 Å². The van der Waals surface area contributed by atoms with E-state index in [1.807, 2.05) is 20.8 Å². The number of nitrogens with zero attached hydrogens (tertiary/aromatic N) is 2. The molecular formula is C12H19N5OS. The van der Waals surface area contributed by atoms with E-state index in [4.69, 9.17) is 10.6 Å². The Kier molecular flexibility index (Phi) is 4.52. The van der Waals surface area contributed by atoms with Gasteiger partial charge in [-0.25, -0.2) is 10.8 Å². The predicted octanol–water partition coefficient (Wildman–Crippen LogP) is 2.12. The van der Waals surface area contributed by atoms with Gasteiger partial charge in [0, 0.05) is 11.4 Å². The molecule has 0 saturated carbocycles. The molecule has 0 bridgehead atoms. The van der Waals surface area contributed by atoms with E-state index >= 15 is 0 Å². The van der Waals surface area contributed by atoms with Gasteiger partial charge in [0.05, 0.1) is 18.1 Å². The molecule has 0 radical (unpaired) electrons. The average molecular weight is 281 g/mol. The third-order valence-electron chi connectivity index (χ3n) is 2.49. The zero-order valence-corrected chi connectivity index (χ0v) is 12.2. The molecule has 0 aliphatic heterocycles. The van der Waals surface area contributed by atoms with Crippen LogP contribution in [0.25, 0.3) is 10.2 Å². The molecule has 0 amide bonds. The van der Waals surface area contributed by atoms with Gasteiger partial charge in [-0.15, -0.1) is 11.3 Å². The minimum Gasteiger partial charge on any atom is -0.377 e. The molecule has 4 N–H and O–H groups in total. The van der Waals surface area contributed by atoms with Crippen molar-refractivity contribution in [1.82, 2.24) is 9.97 Å². The predicted molar refractivity (Wildman–Crippen MR) is 79.5 cm³/mol. The van der Waals surface area contributed by atoms with Gasteiger partial charge in [-0.3, -0.25) is 5.43 Å². The van der Waals surface area contributed by atoms with Crippen LogP contribution in [0.5, 0.6) is 0 Å². The molecule has 104 valence electrons. The molecule has 6 nitrogen and oxygen atoms in total. The Hall–Kier alpha value is -1.44. The number of anilines is 2. The van der Waals surface area contributed by atoms with E-state index in [2.05, 4.69) is 26.8 Å². The Balaban J connectivity index is 2.15. The standard InChI is InChI=1S/C12H19N5OS/c1-7(2)18-5-4-14-10-9-6-8(3)19-11(9)16-12(15-10)17-13/h6-7H,4-5,13H2,1-3H3,(H2,14,15,16,17). The highest BCUT2D eigenvalue weighted by atomic mass is 32.1. The van der Waals surface area contributed by atoms with Gasteiger partial charge in [0.25, 0.3) is 0 Å². The molecule has 0 fully saturated rings. The molecule has 2 aromatic rings. The van der Waals surface area contributed by atoms with E-state index in [-0.39, 0.29) is 6.10 Å². The number of ether oxygens (including phenoxy) is 1. The number of rotatable bonds is 6. The van der Waals surface area contributed by atoms with E-state index < -0.39 is 0 Å². The SMILES string of the molecule is Cc1cc2c(NCCOC(C)C)nc(NN)nc2s1. The summed E-state index contributed by atoms with van der Waals surface area (Å²) in [5, 5.41) is 4.29. The molecular weight excluding hydrogens is 262 g/mol. The Labute approximate surface area is 116 Å². The first kappa shape index (κ1) is 14.0. The van der Waals surface area contributed by atoms with E-state index in [0.717, 1.165) is 16.0 Å². The molecule has 0 aliphatic carbocycles. The lowest BCUT2D eigenvalue weighted by atomic mass is 10.3. The third kappa shape index (κ3) is 3.52. The number of hydrogen-bond donors (Lipinski definition) is 3. The zero-order chi connectivity index (χ0) is 13.8. The molecule has 0 aliphatic rings. The van der Waals surface area contributed by atoms with Gasteiger partial charge < -0.3 is 10.1 Å². The lowest BCUT2D eigenvalue weighted by Gasteiger charge is -2.10. The van der Waals surface area contributed by atoms with E-state index in [0.29, 0.717) is 19.1 Å². The maximum absolute atomic E-state index is 5.49. The first-order chi connectivity index (χ1) is 9.10. The van der Waals surface area contributed by atoms with Crippen LogP contribution in [0, 0.1) is 6.92 Å². The molecule has 7 heteroatoms. The summed E-state index contributed by atoms with van der Waals surface area (Å²) >= 11 is 1.62. The summed E-state index contributed by atoms with van der Waals surface area (Å²) < 4.78 is 5.49. The summed E-state index contributed by atoms with van der Waals surface area (Å²) in [5.41, 5.74) is 2.49. The molecule has 19 heavy (non-hydrogen) atoms. The van der Waals surface area contributed by atoms with Gasteiger partial charge in [-0.2, -0.15) is 4.98 Å². The molecule has 0 unspecified atom stereocenters. The van der Waals surface area contributed by atoms with Crippen LogP contribution in [0.1, 0.15) is 18.7 Å². The van der Waals surface area contributed by atoms with E-state index in [1.54, 1.807) is 11.3 Å². The second-order valence-electron chi connectivity index (χ2n) is 4.46. The molecule has 2 heterocycles. The largest absolute Gasteiger partial charge is 0.377 e. The maximum Gasteiger partial charge on any atom is 0.240 e. The van der Waals surface area contributed by atoms with Crippen molar-refractivity contribution in [2.45, 2.75) is 26.9 Å². The van der Waals surface area contributed by atoms with Gasteiger partial charge in [-0.05, 0) is 26.8 Å². The second kappa shape index (κ2) is 6.14. The number of nitrogens with two attached hydrogens (primary N) is 1. The lowest BCUT2D eigenvalue weighted by molar-refractivity contribution is 0.0870. The summed E-state index contributed by atoms with van der Waals surface area (Å²) in [4.78, 5) is 10.8. The van der Waals surface area contributed by atoms with Crippen molar-refractivity contribution in [2.75, 3.05) is 23.9 Å². The molecule has 0 spiro atoms. The van der Waals surface area contributed by atoms with Crippen LogP contribution in [0.2, 0.25) is 0 Å². The topological polar surface area (TPSA) is 85.1 Å². The van der Waals surface area contributed by atoms with Crippen LogP contribution in [0.4, 0.5) is 11.8 Å². The van der Waals surface area contributed by atoms with Crippen LogP contribution in [-0.2, 0) is 4.74 Å². The summed E-state index contributed by atoms with van der Waals surface area (Å²) in [6, 6.07) is 2.08. The van der Waals surface area contributed by atoms with Crippen LogP contribution >= 0.6 is 11.3 Å². The monoisotopic (exact) mass is 281 g/mol. The number of fused-ring (bicyclic) bond motifs is 1. The maximum atomic E-state index is 5.49. The van der Waals surface area contributed by atoms with Crippen molar-refractivity contribution in [3.05, 3.63) is 10.9 Å². The average Bonchev–Trinajstić information content (AvgIpc) is 2.74. The number of hydrogen-bond acceptors (Lipinski definition) is 7. The highest BCUT2D eigenvalue weighted by molar-refractivity contribution is 7.18. The first-order valence-corrected chi connectivity index (χ1v) is 7.02.